The van der Waals surface area contributed by atoms with Gasteiger partial charge in [-0.2, -0.15) is 0 Å². The minimum Gasteiger partial charge on any atom is -0.482 e. The summed E-state index contributed by atoms with van der Waals surface area (Å²) in [4.78, 5) is 0. The van der Waals surface area contributed by atoms with Crippen molar-refractivity contribution < 1.29 is 14.4 Å². The summed E-state index contributed by atoms with van der Waals surface area (Å²) >= 11 is 0. The predicted molar refractivity (Wildman–Crippen MR) is 64.3 cm³/mol. The summed E-state index contributed by atoms with van der Waals surface area (Å²) in [7, 11) is 0. The van der Waals surface area contributed by atoms with Crippen LogP contribution in [0.5, 0.6) is 5.75 Å². The van der Waals surface area contributed by atoms with E-state index in [1.807, 2.05) is 25.1 Å². The molecule has 90 valence electrons. The molecule has 1 unspecified atom stereocenters. The van der Waals surface area contributed by atoms with Crippen LogP contribution >= 0.6 is 0 Å². The second-order valence-corrected chi connectivity index (χ2v) is 3.66. The summed E-state index contributed by atoms with van der Waals surface area (Å²) < 4.78 is 10.9. The minimum atomic E-state index is -0.438. The normalized spacial score (nSPS) is 13.8. The first kappa shape index (κ1) is 11.3. The van der Waals surface area contributed by atoms with Gasteiger partial charge in [-0.05, 0) is 24.6 Å². The molecule has 0 aliphatic heterocycles. The van der Waals surface area contributed by atoms with Gasteiger partial charge in [0.15, 0.2) is 11.9 Å². The Morgan fingerprint density at radius 3 is 3.06 bits per heavy atom. The van der Waals surface area contributed by atoms with Crippen LogP contribution < -0.4 is 10.5 Å². The van der Waals surface area contributed by atoms with Crippen LogP contribution in [-0.2, 0) is 0 Å². The van der Waals surface area contributed by atoms with Gasteiger partial charge in [0.05, 0.1) is 6.26 Å². The number of nitrogens with zero attached hydrogens (tertiary/aromatic N) is 1. The summed E-state index contributed by atoms with van der Waals surface area (Å²) in [6.07, 6.45) is 1.80. The van der Waals surface area contributed by atoms with E-state index in [1.165, 1.54) is 0 Å². The van der Waals surface area contributed by atoms with E-state index in [-0.39, 0.29) is 5.84 Å². The van der Waals surface area contributed by atoms with E-state index in [4.69, 9.17) is 20.1 Å². The molecule has 0 bridgehead atoms. The summed E-state index contributed by atoms with van der Waals surface area (Å²) in [5.74, 6) is 0.693. The van der Waals surface area contributed by atoms with Crippen molar-refractivity contribution >= 4 is 16.8 Å². The maximum Gasteiger partial charge on any atom is 0.180 e. The standard InChI is InChI=1S/C12H14N2O3/c1-2-10(12(13)14-15)17-9-4-3-8-5-6-16-11(8)7-9/h3-7,10,15H,2H2,1H3,(H2,13,14). The largest absolute Gasteiger partial charge is 0.482 e. The molecule has 0 radical (unpaired) electrons. The van der Waals surface area contributed by atoms with Crippen LogP contribution in [0.4, 0.5) is 0 Å². The SMILES string of the molecule is CCC(Oc1ccc2ccoc2c1)/C(N)=N\O. The third kappa shape index (κ3) is 2.33. The quantitative estimate of drug-likeness (QED) is 0.368. The Morgan fingerprint density at radius 1 is 1.53 bits per heavy atom. The molecular weight excluding hydrogens is 220 g/mol. The molecule has 2 aromatic rings. The maximum absolute atomic E-state index is 8.62. The molecular formula is C12H14N2O3. The van der Waals surface area contributed by atoms with E-state index in [9.17, 15) is 0 Å². The summed E-state index contributed by atoms with van der Waals surface area (Å²) in [6.45, 7) is 1.90. The van der Waals surface area contributed by atoms with Gasteiger partial charge in [-0.3, -0.25) is 0 Å². The summed E-state index contributed by atoms with van der Waals surface area (Å²) in [6, 6.07) is 7.38. The molecule has 5 nitrogen and oxygen atoms in total. The van der Waals surface area contributed by atoms with Gasteiger partial charge in [0.25, 0.3) is 0 Å². The zero-order valence-electron chi connectivity index (χ0n) is 9.46. The molecule has 0 saturated carbocycles. The van der Waals surface area contributed by atoms with Crippen molar-refractivity contribution in [1.82, 2.24) is 0 Å². The number of nitrogens with two attached hydrogens (primary N) is 1. The molecule has 0 saturated heterocycles. The second kappa shape index (κ2) is 4.78. The predicted octanol–water partition coefficient (Wildman–Crippen LogP) is 2.34. The fraction of sp³-hybridized carbons (Fsp3) is 0.250. The lowest BCUT2D eigenvalue weighted by molar-refractivity contribution is 0.246. The zero-order valence-corrected chi connectivity index (χ0v) is 9.46. The number of hydrogen-bond acceptors (Lipinski definition) is 4. The Morgan fingerprint density at radius 2 is 2.35 bits per heavy atom. The van der Waals surface area contributed by atoms with E-state index in [0.29, 0.717) is 12.2 Å². The van der Waals surface area contributed by atoms with Crippen molar-refractivity contribution in [2.24, 2.45) is 10.9 Å². The topological polar surface area (TPSA) is 81.0 Å². The lowest BCUT2D eigenvalue weighted by Crippen LogP contribution is -2.33. The zero-order chi connectivity index (χ0) is 12.3. The van der Waals surface area contributed by atoms with Crippen LogP contribution in [0.2, 0.25) is 0 Å². The number of hydrogen-bond donors (Lipinski definition) is 2. The molecule has 0 aliphatic rings. The Balaban J connectivity index is 2.22. The highest BCUT2D eigenvalue weighted by atomic mass is 16.5. The van der Waals surface area contributed by atoms with Crippen LogP contribution in [0.25, 0.3) is 11.0 Å². The molecule has 0 fully saturated rings. The number of benzene rings is 1. The molecule has 2 rings (SSSR count). The Kier molecular flexibility index (Phi) is 3.18. The van der Waals surface area contributed by atoms with Crippen molar-refractivity contribution in [3.63, 3.8) is 0 Å². The fourth-order valence-corrected chi connectivity index (χ4v) is 1.59. The molecule has 3 N–H and O–H groups in total. The van der Waals surface area contributed by atoms with Gasteiger partial charge < -0.3 is 20.1 Å². The first-order valence-corrected chi connectivity index (χ1v) is 5.36. The number of fused-ring (bicyclic) bond motifs is 1. The van der Waals surface area contributed by atoms with Crippen molar-refractivity contribution in [2.45, 2.75) is 19.4 Å². The number of oxime groups is 1. The summed E-state index contributed by atoms with van der Waals surface area (Å²) in [5, 5.41) is 12.6. The average Bonchev–Trinajstić information content (AvgIpc) is 2.82. The van der Waals surface area contributed by atoms with E-state index >= 15 is 0 Å². The maximum atomic E-state index is 8.62. The van der Waals surface area contributed by atoms with Gasteiger partial charge in [0, 0.05) is 11.5 Å². The molecule has 1 aromatic carbocycles. The van der Waals surface area contributed by atoms with Crippen molar-refractivity contribution in [3.8, 4) is 5.75 Å². The van der Waals surface area contributed by atoms with Gasteiger partial charge in [-0.1, -0.05) is 12.1 Å². The lowest BCUT2D eigenvalue weighted by Gasteiger charge is -2.15. The van der Waals surface area contributed by atoms with E-state index < -0.39 is 6.10 Å². The van der Waals surface area contributed by atoms with Crippen LogP contribution in [0.1, 0.15) is 13.3 Å². The van der Waals surface area contributed by atoms with E-state index in [0.717, 1.165) is 11.0 Å². The van der Waals surface area contributed by atoms with Crippen LogP contribution in [0.3, 0.4) is 0 Å². The highest BCUT2D eigenvalue weighted by Gasteiger charge is 2.13. The summed E-state index contributed by atoms with van der Waals surface area (Å²) in [5.41, 5.74) is 6.27. The number of amidine groups is 1. The number of rotatable bonds is 4. The molecule has 0 aliphatic carbocycles. The third-order valence-corrected chi connectivity index (χ3v) is 2.52. The molecule has 1 heterocycles. The third-order valence-electron chi connectivity index (χ3n) is 2.52. The van der Waals surface area contributed by atoms with Gasteiger partial charge in [0.2, 0.25) is 0 Å². The van der Waals surface area contributed by atoms with Crippen LogP contribution in [-0.4, -0.2) is 17.1 Å². The van der Waals surface area contributed by atoms with Crippen molar-refractivity contribution in [1.29, 1.82) is 0 Å². The van der Waals surface area contributed by atoms with Gasteiger partial charge in [0.1, 0.15) is 11.3 Å². The highest BCUT2D eigenvalue weighted by molar-refractivity contribution is 5.85. The van der Waals surface area contributed by atoms with Crippen molar-refractivity contribution in [2.75, 3.05) is 0 Å². The van der Waals surface area contributed by atoms with Gasteiger partial charge >= 0.3 is 0 Å². The fourth-order valence-electron chi connectivity index (χ4n) is 1.59. The Hall–Kier alpha value is -2.17. The van der Waals surface area contributed by atoms with E-state index in [2.05, 4.69) is 5.16 Å². The number of furan rings is 1. The molecule has 1 atom stereocenters. The van der Waals surface area contributed by atoms with E-state index in [1.54, 1.807) is 12.3 Å². The van der Waals surface area contributed by atoms with Gasteiger partial charge in [-0.15, -0.1) is 0 Å². The van der Waals surface area contributed by atoms with Gasteiger partial charge in [-0.25, -0.2) is 0 Å². The lowest BCUT2D eigenvalue weighted by atomic mass is 10.2. The first-order valence-electron chi connectivity index (χ1n) is 5.36. The number of ether oxygens (including phenoxy) is 1. The highest BCUT2D eigenvalue weighted by Crippen LogP contribution is 2.22. The molecule has 17 heavy (non-hydrogen) atoms. The minimum absolute atomic E-state index is 0.0621. The molecule has 5 heteroatoms. The van der Waals surface area contributed by atoms with Crippen LogP contribution in [0.15, 0.2) is 40.1 Å². The molecule has 0 amide bonds. The second-order valence-electron chi connectivity index (χ2n) is 3.66. The smallest absolute Gasteiger partial charge is 0.180 e. The Labute approximate surface area is 98.5 Å². The average molecular weight is 234 g/mol. The molecule has 1 aromatic heterocycles. The molecule has 0 spiro atoms. The Bertz CT molecular complexity index is 533. The van der Waals surface area contributed by atoms with Crippen LogP contribution in [0, 0.1) is 0 Å². The monoisotopic (exact) mass is 234 g/mol. The first-order chi connectivity index (χ1) is 8.24. The van der Waals surface area contributed by atoms with Crippen molar-refractivity contribution in [3.05, 3.63) is 30.5 Å².